The molecule has 0 radical (unpaired) electrons. The van der Waals surface area contributed by atoms with Crippen LogP contribution in [0.2, 0.25) is 0 Å². The van der Waals surface area contributed by atoms with Gasteiger partial charge in [-0.3, -0.25) is 0 Å². The van der Waals surface area contributed by atoms with Crippen molar-refractivity contribution >= 4 is 32.5 Å². The van der Waals surface area contributed by atoms with Gasteiger partial charge in [0.15, 0.2) is 0 Å². The Bertz CT molecular complexity index is 819. The molecule has 3 nitrogen and oxygen atoms in total. The van der Waals surface area contributed by atoms with Crippen LogP contribution in [0.5, 0.6) is 0 Å². The summed E-state index contributed by atoms with van der Waals surface area (Å²) in [5.41, 5.74) is 1.74. The van der Waals surface area contributed by atoms with Gasteiger partial charge < -0.3 is 0 Å². The highest BCUT2D eigenvalue weighted by Gasteiger charge is 2.20. The average molecular weight is 321 g/mol. The van der Waals surface area contributed by atoms with Gasteiger partial charge in [-0.15, -0.1) is 22.7 Å². The van der Waals surface area contributed by atoms with E-state index in [2.05, 4.69) is 4.98 Å². The molecule has 0 amide bonds. The maximum atomic E-state index is 11.8. The van der Waals surface area contributed by atoms with Crippen LogP contribution in [0, 0.1) is 0 Å². The van der Waals surface area contributed by atoms with Gasteiger partial charge in [0.05, 0.1) is 9.75 Å². The first kappa shape index (κ1) is 13.5. The van der Waals surface area contributed by atoms with Gasteiger partial charge in [-0.25, -0.2) is 13.4 Å². The van der Waals surface area contributed by atoms with Gasteiger partial charge in [0.2, 0.25) is 14.2 Å². The Morgan fingerprint density at radius 3 is 2.40 bits per heavy atom. The summed E-state index contributed by atoms with van der Waals surface area (Å²) in [6, 6.07) is 13.6. The molecule has 0 unspecified atom stereocenters. The highest BCUT2D eigenvalue weighted by atomic mass is 32.2. The number of thiophene rings is 1. The number of thiazole rings is 1. The summed E-state index contributed by atoms with van der Waals surface area (Å²) in [4.78, 5) is 6.22. The van der Waals surface area contributed by atoms with E-state index in [0.717, 1.165) is 21.0 Å². The van der Waals surface area contributed by atoms with Gasteiger partial charge in [-0.1, -0.05) is 36.4 Å². The number of hydrogen-bond acceptors (Lipinski definition) is 5. The zero-order chi connectivity index (χ0) is 14.2. The van der Waals surface area contributed by atoms with Crippen LogP contribution in [-0.4, -0.2) is 19.7 Å². The van der Waals surface area contributed by atoms with E-state index in [4.69, 9.17) is 0 Å². The number of aromatic nitrogens is 1. The Balaban J connectivity index is 2.25. The molecule has 6 heteroatoms. The fraction of sp³-hybridized carbons (Fsp3) is 0.0714. The second-order valence-corrected chi connectivity index (χ2v) is 8.41. The summed E-state index contributed by atoms with van der Waals surface area (Å²) in [5, 5.41) is 1.96. The van der Waals surface area contributed by atoms with E-state index >= 15 is 0 Å². The first-order valence-electron chi connectivity index (χ1n) is 5.86. The van der Waals surface area contributed by atoms with Gasteiger partial charge in [0, 0.05) is 6.26 Å². The molecule has 0 aliphatic rings. The Morgan fingerprint density at radius 1 is 1.05 bits per heavy atom. The molecule has 0 fully saturated rings. The Hall–Kier alpha value is -1.50. The zero-order valence-electron chi connectivity index (χ0n) is 10.6. The molecular weight excluding hydrogens is 310 g/mol. The van der Waals surface area contributed by atoms with Crippen LogP contribution in [0.15, 0.2) is 52.2 Å². The second-order valence-electron chi connectivity index (χ2n) is 4.27. The molecule has 0 spiro atoms. The van der Waals surface area contributed by atoms with Gasteiger partial charge in [0.25, 0.3) is 0 Å². The molecule has 0 N–H and O–H groups in total. The van der Waals surface area contributed by atoms with Crippen LogP contribution >= 0.6 is 22.7 Å². The number of nitrogens with zero attached hydrogens (tertiary/aromatic N) is 1. The minimum atomic E-state index is -3.29. The first-order chi connectivity index (χ1) is 9.55. The van der Waals surface area contributed by atoms with Crippen LogP contribution in [0.25, 0.3) is 21.0 Å². The van der Waals surface area contributed by atoms with Crippen LogP contribution in [0.3, 0.4) is 0 Å². The summed E-state index contributed by atoms with van der Waals surface area (Å²) < 4.78 is 23.7. The Labute approximate surface area is 125 Å². The summed E-state index contributed by atoms with van der Waals surface area (Å²) in [6.45, 7) is 0. The van der Waals surface area contributed by atoms with E-state index in [1.807, 2.05) is 47.8 Å². The molecule has 102 valence electrons. The van der Waals surface area contributed by atoms with Crippen molar-refractivity contribution in [2.45, 2.75) is 4.34 Å². The van der Waals surface area contributed by atoms with Crippen LogP contribution < -0.4 is 0 Å². The van der Waals surface area contributed by atoms with E-state index in [1.54, 1.807) is 11.3 Å². The second kappa shape index (κ2) is 5.12. The quantitative estimate of drug-likeness (QED) is 0.734. The van der Waals surface area contributed by atoms with Crippen LogP contribution in [0.1, 0.15) is 0 Å². The molecule has 20 heavy (non-hydrogen) atoms. The normalized spacial score (nSPS) is 11.7. The third-order valence-electron chi connectivity index (χ3n) is 2.72. The van der Waals surface area contributed by atoms with Crippen molar-refractivity contribution in [3.8, 4) is 21.0 Å². The molecule has 2 aromatic heterocycles. The molecule has 2 heterocycles. The van der Waals surface area contributed by atoms with Gasteiger partial charge >= 0.3 is 0 Å². The lowest BCUT2D eigenvalue weighted by Crippen LogP contribution is -1.95. The minimum absolute atomic E-state index is 0.166. The lowest BCUT2D eigenvalue weighted by molar-refractivity contribution is 0.601. The lowest BCUT2D eigenvalue weighted by Gasteiger charge is -1.99. The van der Waals surface area contributed by atoms with Gasteiger partial charge in [0.1, 0.15) is 5.69 Å². The third kappa shape index (κ3) is 2.54. The van der Waals surface area contributed by atoms with Crippen molar-refractivity contribution < 1.29 is 8.42 Å². The molecule has 0 saturated carbocycles. The highest BCUT2D eigenvalue weighted by molar-refractivity contribution is 7.92. The smallest absolute Gasteiger partial charge is 0.210 e. The molecular formula is C14H11NO2S3. The molecule has 0 atom stereocenters. The zero-order valence-corrected chi connectivity index (χ0v) is 13.1. The van der Waals surface area contributed by atoms with Crippen LogP contribution in [0.4, 0.5) is 0 Å². The van der Waals surface area contributed by atoms with Crippen molar-refractivity contribution in [2.75, 3.05) is 6.26 Å². The lowest BCUT2D eigenvalue weighted by atomic mass is 10.1. The third-order valence-corrected chi connectivity index (χ3v) is 6.37. The van der Waals surface area contributed by atoms with Crippen molar-refractivity contribution in [3.05, 3.63) is 47.8 Å². The maximum Gasteiger partial charge on any atom is 0.210 e. The summed E-state index contributed by atoms with van der Waals surface area (Å²) in [6.07, 6.45) is 1.19. The van der Waals surface area contributed by atoms with Crippen LogP contribution in [-0.2, 0) is 9.84 Å². The molecule has 3 rings (SSSR count). The summed E-state index contributed by atoms with van der Waals surface area (Å²) in [7, 11) is -3.29. The fourth-order valence-corrected chi connectivity index (χ4v) is 4.54. The molecule has 0 bridgehead atoms. The minimum Gasteiger partial charge on any atom is -0.224 e. The SMILES string of the molecule is CS(=O)(=O)c1nc(-c2cccs2)c(-c2ccccc2)s1. The van der Waals surface area contributed by atoms with E-state index in [0.29, 0.717) is 0 Å². The molecule has 1 aromatic carbocycles. The standard InChI is InChI=1S/C14H11NO2S3/c1-20(16,17)14-15-12(11-8-5-9-18-11)13(19-14)10-6-3-2-4-7-10/h2-9H,1H3. The van der Waals surface area contributed by atoms with E-state index in [-0.39, 0.29) is 4.34 Å². The van der Waals surface area contributed by atoms with E-state index in [9.17, 15) is 8.42 Å². The summed E-state index contributed by atoms with van der Waals surface area (Å²) in [5.74, 6) is 0. The molecule has 3 aromatic rings. The highest BCUT2D eigenvalue weighted by Crippen LogP contribution is 2.39. The number of rotatable bonds is 3. The predicted molar refractivity (Wildman–Crippen MR) is 84.0 cm³/mol. The van der Waals surface area contributed by atoms with Crippen molar-refractivity contribution in [1.29, 1.82) is 0 Å². The predicted octanol–water partition coefficient (Wildman–Crippen LogP) is 3.94. The first-order valence-corrected chi connectivity index (χ1v) is 9.44. The summed E-state index contributed by atoms with van der Waals surface area (Å²) >= 11 is 2.78. The van der Waals surface area contributed by atoms with Gasteiger partial charge in [-0.05, 0) is 17.0 Å². The topological polar surface area (TPSA) is 47.0 Å². The molecule has 0 aliphatic carbocycles. The fourth-order valence-electron chi connectivity index (χ4n) is 1.82. The Kier molecular flexibility index (Phi) is 3.45. The number of benzene rings is 1. The largest absolute Gasteiger partial charge is 0.224 e. The molecule has 0 aliphatic heterocycles. The van der Waals surface area contributed by atoms with E-state index < -0.39 is 9.84 Å². The number of sulfone groups is 1. The van der Waals surface area contributed by atoms with Crippen molar-refractivity contribution in [3.63, 3.8) is 0 Å². The van der Waals surface area contributed by atoms with Crippen molar-refractivity contribution in [1.82, 2.24) is 4.98 Å². The Morgan fingerprint density at radius 2 is 1.80 bits per heavy atom. The average Bonchev–Trinajstić information content (AvgIpc) is 3.08. The number of hydrogen-bond donors (Lipinski definition) is 0. The van der Waals surface area contributed by atoms with Crippen molar-refractivity contribution in [2.24, 2.45) is 0 Å². The van der Waals surface area contributed by atoms with Gasteiger partial charge in [-0.2, -0.15) is 0 Å². The van der Waals surface area contributed by atoms with E-state index in [1.165, 1.54) is 17.6 Å². The monoisotopic (exact) mass is 321 g/mol. The molecule has 0 saturated heterocycles. The maximum absolute atomic E-state index is 11.8.